The Morgan fingerprint density at radius 2 is 1.82 bits per heavy atom. The van der Waals surface area contributed by atoms with Crippen LogP contribution in [0, 0.1) is 0 Å². The van der Waals surface area contributed by atoms with Gasteiger partial charge in [0.1, 0.15) is 5.75 Å². The van der Waals surface area contributed by atoms with Crippen LogP contribution in [0.1, 0.15) is 18.1 Å². The highest BCUT2D eigenvalue weighted by molar-refractivity contribution is 6.70. The number of ether oxygens (including phenoxy) is 2. The molecule has 1 aromatic carbocycles. The summed E-state index contributed by atoms with van der Waals surface area (Å²) in [5.41, 5.74) is 0.732. The van der Waals surface area contributed by atoms with Gasteiger partial charge in [-0.05, 0) is 37.3 Å². The quantitative estimate of drug-likeness (QED) is 0.361. The van der Waals surface area contributed by atoms with Crippen LogP contribution < -0.4 is 4.74 Å². The van der Waals surface area contributed by atoms with Crippen molar-refractivity contribution in [3.63, 3.8) is 0 Å². The first kappa shape index (κ1) is 18.3. The number of carbonyl (C=O) groups excluding carboxylic acids is 1. The van der Waals surface area contributed by atoms with Crippen molar-refractivity contribution >= 4 is 14.3 Å². The molecule has 0 heterocycles. The Hall–Kier alpha value is -1.79. The van der Waals surface area contributed by atoms with Crippen LogP contribution in [0.15, 0.2) is 36.1 Å². The number of carbonyl (C=O) groups is 1. The van der Waals surface area contributed by atoms with Crippen molar-refractivity contribution in [1.82, 2.24) is 0 Å². The topological polar surface area (TPSA) is 65.0 Å². The largest absolute Gasteiger partial charge is 0.547 e. The van der Waals surface area contributed by atoms with Crippen molar-refractivity contribution in [2.45, 2.75) is 32.2 Å². The van der Waals surface area contributed by atoms with Crippen LogP contribution in [0.5, 0.6) is 5.75 Å². The molecule has 6 heteroatoms. The van der Waals surface area contributed by atoms with E-state index in [-0.39, 0.29) is 6.42 Å². The van der Waals surface area contributed by atoms with E-state index < -0.39 is 20.4 Å². The van der Waals surface area contributed by atoms with Gasteiger partial charge in [0.15, 0.2) is 0 Å². The first-order valence-electron chi connectivity index (χ1n) is 7.04. The fourth-order valence-corrected chi connectivity index (χ4v) is 2.78. The normalized spacial score (nSPS) is 13.5. The molecule has 0 unspecified atom stereocenters. The smallest absolute Gasteiger partial charge is 0.333 e. The average molecular weight is 324 g/mol. The van der Waals surface area contributed by atoms with Crippen molar-refractivity contribution in [1.29, 1.82) is 0 Å². The Kier molecular flexibility index (Phi) is 6.64. The van der Waals surface area contributed by atoms with Crippen LogP contribution in [0.2, 0.25) is 19.6 Å². The fraction of sp³-hybridized carbons (Fsp3) is 0.438. The summed E-state index contributed by atoms with van der Waals surface area (Å²) in [6.07, 6.45) is 0.745. The molecule has 1 atom stereocenters. The van der Waals surface area contributed by atoms with Gasteiger partial charge < -0.3 is 19.0 Å². The highest BCUT2D eigenvalue weighted by Gasteiger charge is 2.21. The molecular formula is C16H24O5Si. The third-order valence-electron chi connectivity index (χ3n) is 2.81. The zero-order valence-corrected chi connectivity index (χ0v) is 14.8. The van der Waals surface area contributed by atoms with Gasteiger partial charge in [-0.25, -0.2) is 4.79 Å². The van der Waals surface area contributed by atoms with Crippen molar-refractivity contribution in [3.05, 3.63) is 41.7 Å². The number of aliphatic hydroxyl groups excluding tert-OH is 1. The number of esters is 1. The molecule has 0 radical (unpaired) electrons. The molecule has 1 rings (SSSR count). The molecule has 0 saturated carbocycles. The molecular weight excluding hydrogens is 300 g/mol. The van der Waals surface area contributed by atoms with Gasteiger partial charge >= 0.3 is 5.97 Å². The summed E-state index contributed by atoms with van der Waals surface area (Å²) in [5.74, 6) is 0.671. The lowest BCUT2D eigenvalue weighted by atomic mass is 10.1. The third-order valence-corrected chi connectivity index (χ3v) is 3.69. The maximum absolute atomic E-state index is 11.4. The Morgan fingerprint density at radius 1 is 1.23 bits per heavy atom. The minimum absolute atomic E-state index is 0.214. The third kappa shape index (κ3) is 6.32. The first-order chi connectivity index (χ1) is 10.2. The molecule has 0 aromatic heterocycles. The lowest BCUT2D eigenvalue weighted by Crippen LogP contribution is -2.26. The van der Waals surface area contributed by atoms with Crippen LogP contribution in [0.3, 0.4) is 0 Å². The second kappa shape index (κ2) is 8.00. The van der Waals surface area contributed by atoms with Gasteiger partial charge in [-0.15, -0.1) is 0 Å². The summed E-state index contributed by atoms with van der Waals surface area (Å²) in [4.78, 5) is 11.4. The maximum atomic E-state index is 11.4. The van der Waals surface area contributed by atoms with E-state index in [9.17, 15) is 9.90 Å². The van der Waals surface area contributed by atoms with E-state index in [1.165, 1.54) is 13.2 Å². The molecule has 122 valence electrons. The minimum Gasteiger partial charge on any atom is -0.547 e. The van der Waals surface area contributed by atoms with Gasteiger partial charge in [0.05, 0.1) is 32.2 Å². The first-order valence-corrected chi connectivity index (χ1v) is 10.5. The van der Waals surface area contributed by atoms with Crippen LogP contribution >= 0.6 is 0 Å². The summed E-state index contributed by atoms with van der Waals surface area (Å²) in [6, 6.07) is 7.13. The van der Waals surface area contributed by atoms with Crippen molar-refractivity contribution < 1.29 is 23.8 Å². The molecule has 1 N–H and O–H groups in total. The standard InChI is InChI=1S/C16H24O5Si/c1-19-13-8-6-12(7-9-13)15(17)10-14(11-16(18)20-2)21-22(3,4)5/h6-9,11,15,17H,10H2,1-5H3/b14-11-/t15-/m0/s1. The SMILES string of the molecule is COC(=O)/C=C(/C[C@H](O)c1ccc(OC)cc1)O[Si](C)(C)C. The van der Waals surface area contributed by atoms with E-state index in [4.69, 9.17) is 9.16 Å². The van der Waals surface area contributed by atoms with Gasteiger partial charge in [0, 0.05) is 6.42 Å². The van der Waals surface area contributed by atoms with Crippen LogP contribution in [-0.2, 0) is 14.0 Å². The second-order valence-electron chi connectivity index (χ2n) is 5.84. The number of methoxy groups -OCH3 is 2. The maximum Gasteiger partial charge on any atom is 0.333 e. The summed E-state index contributed by atoms with van der Waals surface area (Å²) < 4.78 is 15.6. The lowest BCUT2D eigenvalue weighted by molar-refractivity contribution is -0.135. The average Bonchev–Trinajstić information content (AvgIpc) is 2.45. The van der Waals surface area contributed by atoms with E-state index in [0.717, 1.165) is 11.3 Å². The number of rotatable bonds is 7. The molecule has 0 fully saturated rings. The summed E-state index contributed by atoms with van der Waals surface area (Å²) in [7, 11) is 1.01. The number of benzene rings is 1. The minimum atomic E-state index is -1.89. The zero-order chi connectivity index (χ0) is 16.8. The van der Waals surface area contributed by atoms with Gasteiger partial charge in [-0.1, -0.05) is 12.1 Å². The summed E-state index contributed by atoms with van der Waals surface area (Å²) in [5, 5.41) is 10.3. The van der Waals surface area contributed by atoms with Gasteiger partial charge in [0.25, 0.3) is 0 Å². The second-order valence-corrected chi connectivity index (χ2v) is 10.3. The van der Waals surface area contributed by atoms with Gasteiger partial charge in [-0.3, -0.25) is 0 Å². The van der Waals surface area contributed by atoms with E-state index in [1.54, 1.807) is 31.4 Å². The Morgan fingerprint density at radius 3 is 2.27 bits per heavy atom. The molecule has 1 aromatic rings. The Balaban J connectivity index is 2.87. The van der Waals surface area contributed by atoms with Crippen LogP contribution in [-0.4, -0.2) is 33.6 Å². The van der Waals surface area contributed by atoms with E-state index in [2.05, 4.69) is 4.74 Å². The monoisotopic (exact) mass is 324 g/mol. The Labute approximate surface area is 132 Å². The molecule has 22 heavy (non-hydrogen) atoms. The molecule has 0 aliphatic heterocycles. The summed E-state index contributed by atoms with van der Waals surface area (Å²) in [6.45, 7) is 6.04. The molecule has 0 spiro atoms. The van der Waals surface area contributed by atoms with E-state index in [1.807, 2.05) is 19.6 Å². The summed E-state index contributed by atoms with van der Waals surface area (Å²) >= 11 is 0. The number of hydrogen-bond donors (Lipinski definition) is 1. The van der Waals surface area contributed by atoms with Gasteiger partial charge in [0.2, 0.25) is 8.32 Å². The molecule has 0 aliphatic carbocycles. The Bertz CT molecular complexity index is 516. The van der Waals surface area contributed by atoms with Crippen LogP contribution in [0.25, 0.3) is 0 Å². The predicted octanol–water partition coefficient (Wildman–Crippen LogP) is 3.03. The predicted molar refractivity (Wildman–Crippen MR) is 87.1 cm³/mol. The van der Waals surface area contributed by atoms with Crippen molar-refractivity contribution in [3.8, 4) is 5.75 Å². The molecule has 5 nitrogen and oxygen atoms in total. The van der Waals surface area contributed by atoms with Gasteiger partial charge in [-0.2, -0.15) is 0 Å². The van der Waals surface area contributed by atoms with Crippen molar-refractivity contribution in [2.75, 3.05) is 14.2 Å². The molecule has 0 amide bonds. The number of aliphatic hydroxyl groups is 1. The van der Waals surface area contributed by atoms with Crippen molar-refractivity contribution in [2.24, 2.45) is 0 Å². The molecule has 0 bridgehead atoms. The van der Waals surface area contributed by atoms with Crippen LogP contribution in [0.4, 0.5) is 0 Å². The number of hydrogen-bond acceptors (Lipinski definition) is 5. The van der Waals surface area contributed by atoms with E-state index >= 15 is 0 Å². The highest BCUT2D eigenvalue weighted by Crippen LogP contribution is 2.25. The van der Waals surface area contributed by atoms with E-state index in [0.29, 0.717) is 5.76 Å². The molecule has 0 saturated heterocycles. The molecule has 0 aliphatic rings. The lowest BCUT2D eigenvalue weighted by Gasteiger charge is -2.23. The fourth-order valence-electron chi connectivity index (χ4n) is 1.85. The zero-order valence-electron chi connectivity index (χ0n) is 13.8. The highest BCUT2D eigenvalue weighted by atomic mass is 28.4.